The Hall–Kier alpha value is -3.07. The Morgan fingerprint density at radius 2 is 1.69 bits per heavy atom. The van der Waals surface area contributed by atoms with Crippen LogP contribution in [0.15, 0.2) is 41.3 Å². The summed E-state index contributed by atoms with van der Waals surface area (Å²) in [4.78, 5) is 22.6. The fourth-order valence-corrected chi connectivity index (χ4v) is 4.18. The Bertz CT molecular complexity index is 1040. The number of rotatable bonds is 8. The maximum atomic E-state index is 12.8. The van der Waals surface area contributed by atoms with E-state index in [2.05, 4.69) is 10.0 Å². The molecule has 3 N–H and O–H groups in total. The van der Waals surface area contributed by atoms with Gasteiger partial charge in [0.15, 0.2) is 6.61 Å². The number of ether oxygens (including phenoxy) is 1. The summed E-state index contributed by atoms with van der Waals surface area (Å²) >= 11 is 0. The second-order valence-electron chi connectivity index (χ2n) is 6.96. The van der Waals surface area contributed by atoms with Gasteiger partial charge in [-0.3, -0.25) is 9.52 Å². The quantitative estimate of drug-likeness (QED) is 0.606. The number of carbonyl (C=O) groups excluding carboxylic acids is 1. The Morgan fingerprint density at radius 1 is 1.07 bits per heavy atom. The monoisotopic (exact) mass is 418 g/mol. The lowest BCUT2D eigenvalue weighted by Crippen LogP contribution is -2.16. The standard InChI is InChI=1S/C20H22N2O6S/c1-12-3-10-17(13(2)19(12)28-11-18(23)24)29(26,27)22-16-8-6-15(7-9-16)21-20(25)14-4-5-14/h3,6-10,14,22H,4-5,11H2,1-2H3,(H,21,25)(H,23,24). The van der Waals surface area contributed by atoms with Crippen LogP contribution in [-0.2, 0) is 19.6 Å². The van der Waals surface area contributed by atoms with Gasteiger partial charge in [0.25, 0.3) is 10.0 Å². The fourth-order valence-electron chi connectivity index (χ4n) is 2.88. The lowest BCUT2D eigenvalue weighted by atomic mass is 10.1. The zero-order chi connectivity index (χ0) is 21.2. The van der Waals surface area contributed by atoms with Crippen LogP contribution in [0.25, 0.3) is 0 Å². The summed E-state index contributed by atoms with van der Waals surface area (Å²) in [5, 5.41) is 11.6. The number of carboxylic acids is 1. The van der Waals surface area contributed by atoms with E-state index in [0.717, 1.165) is 12.8 Å². The molecule has 0 aromatic heterocycles. The SMILES string of the molecule is Cc1ccc(S(=O)(=O)Nc2ccc(NC(=O)C3CC3)cc2)c(C)c1OCC(=O)O. The molecule has 3 rings (SSSR count). The summed E-state index contributed by atoms with van der Waals surface area (Å²) in [5.41, 5.74) is 1.90. The van der Waals surface area contributed by atoms with E-state index in [1.165, 1.54) is 6.07 Å². The first-order valence-electron chi connectivity index (χ1n) is 9.06. The minimum atomic E-state index is -3.93. The van der Waals surface area contributed by atoms with Crippen molar-refractivity contribution in [3.63, 3.8) is 0 Å². The molecular formula is C20H22N2O6S. The van der Waals surface area contributed by atoms with Gasteiger partial charge in [0.05, 0.1) is 4.90 Å². The molecule has 1 aliphatic carbocycles. The summed E-state index contributed by atoms with van der Waals surface area (Å²) in [5.74, 6) is -0.866. The Labute approximate surface area is 168 Å². The van der Waals surface area contributed by atoms with Gasteiger partial charge in [-0.1, -0.05) is 6.07 Å². The number of benzene rings is 2. The number of amides is 1. The fraction of sp³-hybridized carbons (Fsp3) is 0.300. The highest BCUT2D eigenvalue weighted by atomic mass is 32.2. The van der Waals surface area contributed by atoms with E-state index >= 15 is 0 Å². The molecule has 0 unspecified atom stereocenters. The number of nitrogens with one attached hydrogen (secondary N) is 2. The van der Waals surface area contributed by atoms with E-state index in [9.17, 15) is 18.0 Å². The van der Waals surface area contributed by atoms with E-state index in [0.29, 0.717) is 22.5 Å². The minimum Gasteiger partial charge on any atom is -0.481 e. The molecular weight excluding hydrogens is 396 g/mol. The normalized spacial score (nSPS) is 13.6. The molecule has 0 saturated heterocycles. The van der Waals surface area contributed by atoms with Gasteiger partial charge < -0.3 is 15.2 Å². The zero-order valence-electron chi connectivity index (χ0n) is 16.1. The molecule has 9 heteroatoms. The molecule has 0 heterocycles. The van der Waals surface area contributed by atoms with Crippen molar-refractivity contribution in [1.82, 2.24) is 0 Å². The highest BCUT2D eigenvalue weighted by Gasteiger charge is 2.29. The minimum absolute atomic E-state index is 0.00500. The first kappa shape index (κ1) is 20.7. The lowest BCUT2D eigenvalue weighted by Gasteiger charge is -2.16. The average molecular weight is 418 g/mol. The van der Waals surface area contributed by atoms with Crippen molar-refractivity contribution in [2.24, 2.45) is 5.92 Å². The third kappa shape index (κ3) is 5.05. The third-order valence-corrected chi connectivity index (χ3v) is 6.06. The largest absolute Gasteiger partial charge is 0.481 e. The van der Waals surface area contributed by atoms with Crippen LogP contribution in [-0.4, -0.2) is 32.0 Å². The molecule has 0 radical (unpaired) electrons. The molecule has 154 valence electrons. The van der Waals surface area contributed by atoms with Gasteiger partial charge in [-0.15, -0.1) is 0 Å². The molecule has 0 bridgehead atoms. The molecule has 2 aromatic carbocycles. The first-order valence-corrected chi connectivity index (χ1v) is 10.5. The number of aliphatic carboxylic acids is 1. The van der Waals surface area contributed by atoms with Crippen molar-refractivity contribution in [2.45, 2.75) is 31.6 Å². The molecule has 8 nitrogen and oxygen atoms in total. The van der Waals surface area contributed by atoms with E-state index in [-0.39, 0.29) is 22.5 Å². The molecule has 0 spiro atoms. The van der Waals surface area contributed by atoms with Crippen molar-refractivity contribution in [3.05, 3.63) is 47.5 Å². The zero-order valence-corrected chi connectivity index (χ0v) is 16.9. The Kier molecular flexibility index (Phi) is 5.78. The molecule has 2 aromatic rings. The topological polar surface area (TPSA) is 122 Å². The van der Waals surface area contributed by atoms with Crippen molar-refractivity contribution in [2.75, 3.05) is 16.6 Å². The second-order valence-corrected chi connectivity index (χ2v) is 8.61. The summed E-state index contributed by atoms with van der Waals surface area (Å²) in [6, 6.07) is 9.39. The second kappa shape index (κ2) is 8.12. The number of sulfonamides is 1. The maximum Gasteiger partial charge on any atom is 0.341 e. The molecule has 1 saturated carbocycles. The summed E-state index contributed by atoms with van der Waals surface area (Å²) < 4.78 is 33.4. The van der Waals surface area contributed by atoms with Crippen LogP contribution in [0.3, 0.4) is 0 Å². The first-order chi connectivity index (χ1) is 13.7. The molecule has 1 amide bonds. The third-order valence-electron chi connectivity index (χ3n) is 4.54. The number of hydrogen-bond acceptors (Lipinski definition) is 5. The van der Waals surface area contributed by atoms with Crippen LogP contribution < -0.4 is 14.8 Å². The Morgan fingerprint density at radius 3 is 2.28 bits per heavy atom. The number of anilines is 2. The van der Waals surface area contributed by atoms with Crippen molar-refractivity contribution in [1.29, 1.82) is 0 Å². The van der Waals surface area contributed by atoms with Gasteiger partial charge in [-0.25, -0.2) is 13.2 Å². The lowest BCUT2D eigenvalue weighted by molar-refractivity contribution is -0.139. The van der Waals surface area contributed by atoms with Gasteiger partial charge in [-0.05, 0) is 62.6 Å². The summed E-state index contributed by atoms with van der Waals surface area (Å²) in [6.45, 7) is 2.71. The highest BCUT2D eigenvalue weighted by molar-refractivity contribution is 7.92. The number of aryl methyl sites for hydroxylation is 1. The molecule has 0 atom stereocenters. The van der Waals surface area contributed by atoms with Gasteiger partial charge in [0.1, 0.15) is 5.75 Å². The van der Waals surface area contributed by atoms with Crippen LogP contribution in [0, 0.1) is 19.8 Å². The van der Waals surface area contributed by atoms with E-state index in [1.54, 1.807) is 44.2 Å². The summed E-state index contributed by atoms with van der Waals surface area (Å²) in [7, 11) is -3.93. The molecule has 1 fully saturated rings. The molecule has 0 aliphatic heterocycles. The van der Waals surface area contributed by atoms with Crippen LogP contribution >= 0.6 is 0 Å². The van der Waals surface area contributed by atoms with Crippen LogP contribution in [0.4, 0.5) is 11.4 Å². The number of carboxylic acid groups (broad SMARTS) is 1. The summed E-state index contributed by atoms with van der Waals surface area (Å²) in [6.07, 6.45) is 1.80. The maximum absolute atomic E-state index is 12.8. The molecule has 29 heavy (non-hydrogen) atoms. The van der Waals surface area contributed by atoms with Gasteiger partial charge >= 0.3 is 5.97 Å². The predicted molar refractivity (Wildman–Crippen MR) is 108 cm³/mol. The van der Waals surface area contributed by atoms with E-state index < -0.39 is 22.6 Å². The average Bonchev–Trinajstić information content (AvgIpc) is 3.47. The van der Waals surface area contributed by atoms with Gasteiger partial charge in [-0.2, -0.15) is 0 Å². The van der Waals surface area contributed by atoms with Crippen molar-refractivity contribution >= 4 is 33.3 Å². The van der Waals surface area contributed by atoms with Crippen LogP contribution in [0.1, 0.15) is 24.0 Å². The van der Waals surface area contributed by atoms with Gasteiger partial charge in [0, 0.05) is 22.9 Å². The Balaban J connectivity index is 1.77. The highest BCUT2D eigenvalue weighted by Crippen LogP contribution is 2.31. The smallest absolute Gasteiger partial charge is 0.341 e. The van der Waals surface area contributed by atoms with Gasteiger partial charge in [0.2, 0.25) is 5.91 Å². The predicted octanol–water partition coefficient (Wildman–Crippen LogP) is 2.92. The molecule has 1 aliphatic rings. The van der Waals surface area contributed by atoms with E-state index in [4.69, 9.17) is 9.84 Å². The number of hydrogen-bond donors (Lipinski definition) is 3. The van der Waals surface area contributed by atoms with Crippen molar-refractivity contribution in [3.8, 4) is 5.75 Å². The van der Waals surface area contributed by atoms with Crippen LogP contribution in [0.2, 0.25) is 0 Å². The van der Waals surface area contributed by atoms with Crippen LogP contribution in [0.5, 0.6) is 5.75 Å². The van der Waals surface area contributed by atoms with E-state index in [1.807, 2.05) is 0 Å². The van der Waals surface area contributed by atoms with Crippen molar-refractivity contribution < 1.29 is 27.9 Å². The number of carbonyl (C=O) groups is 2.